The van der Waals surface area contributed by atoms with E-state index in [1.807, 2.05) is 0 Å². The molecule has 0 radical (unpaired) electrons. The number of carbonyl (C=O) groups is 6. The average molecular weight is 922 g/mol. The third kappa shape index (κ3) is 20.5. The van der Waals surface area contributed by atoms with Gasteiger partial charge >= 0.3 is 46.4 Å². The van der Waals surface area contributed by atoms with Gasteiger partial charge in [-0.25, -0.2) is 24.2 Å². The molecule has 1 atom stereocenters. The molecule has 0 saturated heterocycles. The topological polar surface area (TPSA) is 253 Å². The minimum Gasteiger partial charge on any atom is -0.496 e. The quantitative estimate of drug-likeness (QED) is 0.0639. The fourth-order valence-electron chi connectivity index (χ4n) is 4.83. The Morgan fingerprint density at radius 1 is 0.656 bits per heavy atom. The second kappa shape index (κ2) is 21.1. The van der Waals surface area contributed by atoms with Crippen LogP contribution in [0.2, 0.25) is 0 Å². The van der Waals surface area contributed by atoms with Gasteiger partial charge < -0.3 is 33.2 Å². The predicted octanol–water partition coefficient (Wildman–Crippen LogP) is 6.96. The molecule has 21 heteroatoms. The Hall–Kier alpha value is -5.96. The van der Waals surface area contributed by atoms with Crippen LogP contribution in [0.3, 0.4) is 0 Å². The van der Waals surface area contributed by atoms with E-state index in [4.69, 9.17) is 33.2 Å². The van der Waals surface area contributed by atoms with E-state index in [1.54, 1.807) is 83.1 Å². The van der Waals surface area contributed by atoms with Crippen LogP contribution in [0.1, 0.15) is 126 Å². The number of rotatable bonds is 12. The van der Waals surface area contributed by atoms with Crippen LogP contribution >= 0.6 is 0 Å². The number of nitrogens with zero attached hydrogens (tertiary/aromatic N) is 2. The van der Waals surface area contributed by atoms with Crippen molar-refractivity contribution >= 4 is 58.0 Å². The lowest BCUT2D eigenvalue weighted by atomic mass is 10.1. The summed E-state index contributed by atoms with van der Waals surface area (Å²) in [4.78, 5) is 82.1. The molecule has 0 aliphatic heterocycles. The third-order valence-electron chi connectivity index (χ3n) is 7.03. The molecule has 3 N–H and O–H groups in total. The summed E-state index contributed by atoms with van der Waals surface area (Å²) in [5.41, 5.74) is -4.57. The molecule has 0 spiro atoms. The average Bonchev–Trinajstić information content (AvgIpc) is 3.06. The number of guanidine groups is 1. The summed E-state index contributed by atoms with van der Waals surface area (Å²) in [6, 6.07) is 7.69. The zero-order valence-corrected chi connectivity index (χ0v) is 40.3. The molecule has 0 aromatic heterocycles. The molecule has 0 aliphatic carbocycles. The van der Waals surface area contributed by atoms with Crippen LogP contribution in [-0.4, -0.2) is 96.0 Å². The minimum absolute atomic E-state index is 0.0151. The van der Waals surface area contributed by atoms with Crippen LogP contribution in [0.25, 0.3) is 0 Å². The highest BCUT2D eigenvalue weighted by atomic mass is 32.2. The molecule has 2 aromatic carbocycles. The van der Waals surface area contributed by atoms with Crippen LogP contribution in [0.4, 0.5) is 20.1 Å². The first-order chi connectivity index (χ1) is 28.9. The van der Waals surface area contributed by atoms with Crippen LogP contribution in [-0.2, 0) is 50.0 Å². The van der Waals surface area contributed by atoms with Gasteiger partial charge in [0.25, 0.3) is 0 Å². The van der Waals surface area contributed by atoms with Gasteiger partial charge in [0.2, 0.25) is 5.96 Å². The van der Waals surface area contributed by atoms with E-state index < -0.39 is 93.4 Å². The van der Waals surface area contributed by atoms with Crippen molar-refractivity contribution in [1.29, 1.82) is 0 Å². The highest BCUT2D eigenvalue weighted by molar-refractivity contribution is 7.87. The molecular formula is C43H63N5O15S. The summed E-state index contributed by atoms with van der Waals surface area (Å²) in [5.74, 6) is -3.22. The monoisotopic (exact) mass is 921 g/mol. The Labute approximate surface area is 375 Å². The number of amides is 3. The van der Waals surface area contributed by atoms with Crippen molar-refractivity contribution in [3.63, 3.8) is 0 Å². The number of methoxy groups -OCH3 is 1. The van der Waals surface area contributed by atoms with E-state index in [9.17, 15) is 37.2 Å². The van der Waals surface area contributed by atoms with Gasteiger partial charge in [-0.15, -0.1) is 0 Å². The van der Waals surface area contributed by atoms with Gasteiger partial charge in [0, 0.05) is 11.6 Å². The normalized spacial score (nSPS) is 12.7. The lowest BCUT2D eigenvalue weighted by Gasteiger charge is -2.30. The van der Waals surface area contributed by atoms with E-state index in [2.05, 4.69) is 20.3 Å². The van der Waals surface area contributed by atoms with E-state index in [-0.39, 0.29) is 34.3 Å². The summed E-state index contributed by atoms with van der Waals surface area (Å²) in [6.45, 7) is 23.2. The standard InChI is InChI=1S/C43H63N5O15S/c1-39(2,3)59-32(49)24-30(34(51)60-40(4,5)6)47-64(55,56)48(38(54)63-43(13,14)15)25-27-19-22-29(23-31(27)57-16)58-33(50)26-17-20-28(21-18-26)44-35(45-36(52)61-41(7,8)9)46-37(53)62-42(10,11)12/h17-23,30,47H,24-25H2,1-16H3,(H2,44,45,46,52,53)/t30-/m0/s1. The molecule has 0 aliphatic rings. The van der Waals surface area contributed by atoms with E-state index in [0.29, 0.717) is 4.31 Å². The minimum atomic E-state index is -5.01. The van der Waals surface area contributed by atoms with Crippen LogP contribution in [0.15, 0.2) is 47.5 Å². The maximum absolute atomic E-state index is 14.0. The van der Waals surface area contributed by atoms with Gasteiger partial charge in [0.1, 0.15) is 45.5 Å². The fourth-order valence-corrected chi connectivity index (χ4v) is 6.04. The zero-order chi connectivity index (χ0) is 49.2. The molecule has 0 bridgehead atoms. The molecule has 64 heavy (non-hydrogen) atoms. The van der Waals surface area contributed by atoms with Gasteiger partial charge in [0.15, 0.2) is 0 Å². The molecule has 0 heterocycles. The van der Waals surface area contributed by atoms with Crippen molar-refractivity contribution in [2.75, 3.05) is 7.11 Å². The Balaban J connectivity index is 2.44. The number of esters is 3. The zero-order valence-electron chi connectivity index (χ0n) is 39.5. The first-order valence-corrected chi connectivity index (χ1v) is 21.4. The Bertz CT molecular complexity index is 2120. The van der Waals surface area contributed by atoms with Crippen molar-refractivity contribution in [3.05, 3.63) is 53.6 Å². The van der Waals surface area contributed by atoms with Gasteiger partial charge in [-0.2, -0.15) is 17.4 Å². The molecule has 0 fully saturated rings. The Morgan fingerprint density at radius 3 is 1.59 bits per heavy atom. The highest BCUT2D eigenvalue weighted by Gasteiger charge is 2.39. The summed E-state index contributed by atoms with van der Waals surface area (Å²) < 4.78 is 68.2. The number of aliphatic imine (C=N–C) groups is 1. The number of alkyl carbamates (subject to hydrolysis) is 2. The van der Waals surface area contributed by atoms with Crippen molar-refractivity contribution in [2.24, 2.45) is 4.99 Å². The van der Waals surface area contributed by atoms with Gasteiger partial charge in [0.05, 0.1) is 31.3 Å². The predicted molar refractivity (Wildman–Crippen MR) is 234 cm³/mol. The number of ether oxygens (including phenoxy) is 7. The SMILES string of the molecule is COc1cc(OC(=O)c2ccc(N=C(NC(=O)OC(C)(C)C)NC(=O)OC(C)(C)C)cc2)ccc1CN(C(=O)OC(C)(C)C)S(=O)(=O)N[C@@H](CC(=O)OC(C)(C)C)C(=O)OC(C)(C)C. The van der Waals surface area contributed by atoms with Gasteiger partial charge in [-0.3, -0.25) is 20.2 Å². The first-order valence-electron chi connectivity index (χ1n) is 20.0. The summed E-state index contributed by atoms with van der Waals surface area (Å²) >= 11 is 0. The van der Waals surface area contributed by atoms with Crippen LogP contribution < -0.4 is 24.8 Å². The lowest BCUT2D eigenvalue weighted by molar-refractivity contribution is -0.164. The Morgan fingerprint density at radius 2 is 1.14 bits per heavy atom. The van der Waals surface area contributed by atoms with Crippen molar-refractivity contribution in [2.45, 2.75) is 151 Å². The highest BCUT2D eigenvalue weighted by Crippen LogP contribution is 2.29. The number of hydrogen-bond donors (Lipinski definition) is 3. The largest absolute Gasteiger partial charge is 0.496 e. The van der Waals surface area contributed by atoms with Crippen LogP contribution in [0, 0.1) is 0 Å². The molecule has 2 rings (SSSR count). The maximum Gasteiger partial charge on any atom is 0.425 e. The molecular weight excluding hydrogens is 859 g/mol. The third-order valence-corrected chi connectivity index (χ3v) is 8.47. The molecule has 356 valence electrons. The van der Waals surface area contributed by atoms with E-state index in [1.165, 1.54) is 70.3 Å². The van der Waals surface area contributed by atoms with Crippen molar-refractivity contribution in [1.82, 2.24) is 19.7 Å². The number of carbonyl (C=O) groups excluding carboxylic acids is 6. The van der Waals surface area contributed by atoms with Crippen LogP contribution in [0.5, 0.6) is 11.5 Å². The first kappa shape index (κ1) is 54.2. The number of nitrogens with one attached hydrogen (secondary N) is 3. The van der Waals surface area contributed by atoms with Gasteiger partial charge in [-0.05, 0) is 140 Å². The molecule has 0 saturated carbocycles. The molecule has 20 nitrogen and oxygen atoms in total. The van der Waals surface area contributed by atoms with Gasteiger partial charge in [-0.1, -0.05) is 0 Å². The Kier molecular flexibility index (Phi) is 17.9. The number of hydrogen-bond acceptors (Lipinski definition) is 16. The molecule has 2 aromatic rings. The van der Waals surface area contributed by atoms with E-state index in [0.717, 1.165) is 0 Å². The fraction of sp³-hybridized carbons (Fsp3) is 0.558. The van der Waals surface area contributed by atoms with Crippen molar-refractivity contribution in [3.8, 4) is 11.5 Å². The summed E-state index contributed by atoms with van der Waals surface area (Å²) in [7, 11) is -3.75. The maximum atomic E-state index is 14.0. The second-order valence-electron chi connectivity index (χ2n) is 19.1. The second-order valence-corrected chi connectivity index (χ2v) is 20.7. The summed E-state index contributed by atoms with van der Waals surface area (Å²) in [6.07, 6.45) is -3.91. The number of benzene rings is 2. The summed E-state index contributed by atoms with van der Waals surface area (Å²) in [5, 5.41) is 4.73. The lowest BCUT2D eigenvalue weighted by Crippen LogP contribution is -2.53. The smallest absolute Gasteiger partial charge is 0.425 e. The van der Waals surface area contributed by atoms with Crippen molar-refractivity contribution < 1.29 is 70.3 Å². The van der Waals surface area contributed by atoms with E-state index >= 15 is 0 Å². The molecule has 3 amide bonds. The molecule has 0 unspecified atom stereocenters.